The van der Waals surface area contributed by atoms with Crippen molar-refractivity contribution in [3.05, 3.63) is 95.6 Å². The predicted molar refractivity (Wildman–Crippen MR) is 115 cm³/mol. The van der Waals surface area contributed by atoms with Crippen molar-refractivity contribution >= 4 is 27.3 Å². The first-order chi connectivity index (χ1) is 13.9. The molecule has 0 spiro atoms. The van der Waals surface area contributed by atoms with Gasteiger partial charge in [0.15, 0.2) is 0 Å². The van der Waals surface area contributed by atoms with Crippen molar-refractivity contribution in [1.29, 1.82) is 0 Å². The zero-order chi connectivity index (χ0) is 20.9. The third kappa shape index (κ3) is 5.08. The smallest absolute Gasteiger partial charge is 0.276 e. The highest BCUT2D eigenvalue weighted by Gasteiger charge is 2.12. The fourth-order valence-corrected chi connectivity index (χ4v) is 3.54. The van der Waals surface area contributed by atoms with Crippen LogP contribution in [0.3, 0.4) is 0 Å². The van der Waals surface area contributed by atoms with E-state index in [1.807, 2.05) is 25.1 Å². The monoisotopic (exact) mass is 407 g/mol. The number of hydrogen-bond acceptors (Lipinski definition) is 4. The maximum absolute atomic E-state index is 12.4. The lowest BCUT2D eigenvalue weighted by Crippen LogP contribution is -2.19. The SMILES string of the molecule is CC(=NNS(=O)(=O)c1ccccc1)c1ccc(NC(=O)c2ccccc2C)cc1. The molecule has 0 unspecified atom stereocenters. The van der Waals surface area contributed by atoms with E-state index >= 15 is 0 Å². The van der Waals surface area contributed by atoms with Crippen LogP contribution in [-0.4, -0.2) is 20.0 Å². The third-order valence-corrected chi connectivity index (χ3v) is 5.56. The number of hydrogen-bond donors (Lipinski definition) is 2. The Balaban J connectivity index is 1.69. The van der Waals surface area contributed by atoms with E-state index in [-0.39, 0.29) is 10.8 Å². The van der Waals surface area contributed by atoms with Gasteiger partial charge in [0, 0.05) is 11.3 Å². The molecular weight excluding hydrogens is 386 g/mol. The molecule has 3 aromatic carbocycles. The molecule has 2 N–H and O–H groups in total. The van der Waals surface area contributed by atoms with Crippen molar-refractivity contribution < 1.29 is 13.2 Å². The van der Waals surface area contributed by atoms with Gasteiger partial charge in [0.25, 0.3) is 15.9 Å². The number of nitrogens with zero attached hydrogens (tertiary/aromatic N) is 1. The summed E-state index contributed by atoms with van der Waals surface area (Å²) in [6.45, 7) is 3.59. The fourth-order valence-electron chi connectivity index (χ4n) is 2.67. The number of anilines is 1. The summed E-state index contributed by atoms with van der Waals surface area (Å²) >= 11 is 0. The molecule has 1 amide bonds. The van der Waals surface area contributed by atoms with Gasteiger partial charge in [0.05, 0.1) is 10.6 Å². The predicted octanol–water partition coefficient (Wildman–Crippen LogP) is 3.95. The lowest BCUT2D eigenvalue weighted by atomic mass is 10.1. The van der Waals surface area contributed by atoms with E-state index in [4.69, 9.17) is 0 Å². The lowest BCUT2D eigenvalue weighted by Gasteiger charge is -2.09. The Labute approximate surface area is 170 Å². The highest BCUT2D eigenvalue weighted by molar-refractivity contribution is 7.89. The largest absolute Gasteiger partial charge is 0.322 e. The molecule has 0 aliphatic carbocycles. The van der Waals surface area contributed by atoms with Crippen molar-refractivity contribution in [2.45, 2.75) is 18.7 Å². The van der Waals surface area contributed by atoms with Gasteiger partial charge in [-0.25, -0.2) is 0 Å². The summed E-state index contributed by atoms with van der Waals surface area (Å²) in [6.07, 6.45) is 0. The number of amides is 1. The van der Waals surface area contributed by atoms with Crippen molar-refractivity contribution in [2.24, 2.45) is 5.10 Å². The zero-order valence-corrected chi connectivity index (χ0v) is 16.9. The van der Waals surface area contributed by atoms with E-state index in [1.165, 1.54) is 12.1 Å². The van der Waals surface area contributed by atoms with Crippen molar-refractivity contribution in [3.8, 4) is 0 Å². The van der Waals surface area contributed by atoms with E-state index in [1.54, 1.807) is 55.5 Å². The molecule has 0 aliphatic rings. The minimum atomic E-state index is -3.72. The summed E-state index contributed by atoms with van der Waals surface area (Å²) in [7, 11) is -3.72. The molecule has 0 bridgehead atoms. The molecule has 0 atom stereocenters. The topological polar surface area (TPSA) is 87.6 Å². The second-order valence-corrected chi connectivity index (χ2v) is 8.11. The lowest BCUT2D eigenvalue weighted by molar-refractivity contribution is 0.102. The van der Waals surface area contributed by atoms with Crippen LogP contribution in [-0.2, 0) is 10.0 Å². The van der Waals surface area contributed by atoms with Crippen LogP contribution in [0.1, 0.15) is 28.4 Å². The average molecular weight is 407 g/mol. The molecule has 7 heteroatoms. The summed E-state index contributed by atoms with van der Waals surface area (Å²) in [5.74, 6) is -0.183. The number of carbonyl (C=O) groups is 1. The molecule has 0 aromatic heterocycles. The number of sulfonamides is 1. The molecule has 0 aliphatic heterocycles. The van der Waals surface area contributed by atoms with Gasteiger partial charge >= 0.3 is 0 Å². The maximum atomic E-state index is 12.4. The van der Waals surface area contributed by atoms with Crippen LogP contribution in [0.15, 0.2) is 88.9 Å². The number of aryl methyl sites for hydroxylation is 1. The van der Waals surface area contributed by atoms with Crippen molar-refractivity contribution in [2.75, 3.05) is 5.32 Å². The average Bonchev–Trinajstić information content (AvgIpc) is 2.73. The van der Waals surface area contributed by atoms with Crippen LogP contribution < -0.4 is 10.1 Å². The minimum Gasteiger partial charge on any atom is -0.322 e. The summed E-state index contributed by atoms with van der Waals surface area (Å²) in [6, 6.07) is 22.4. The number of hydrazone groups is 1. The molecule has 0 saturated heterocycles. The Morgan fingerprint density at radius 2 is 1.48 bits per heavy atom. The number of carbonyl (C=O) groups excluding carboxylic acids is 1. The maximum Gasteiger partial charge on any atom is 0.276 e. The Bertz CT molecular complexity index is 1140. The van der Waals surface area contributed by atoms with E-state index in [2.05, 4.69) is 15.2 Å². The Kier molecular flexibility index (Phi) is 6.09. The van der Waals surface area contributed by atoms with E-state index < -0.39 is 10.0 Å². The normalized spacial score (nSPS) is 11.7. The number of benzene rings is 3. The van der Waals surface area contributed by atoms with Crippen LogP contribution in [0.4, 0.5) is 5.69 Å². The molecule has 0 saturated carbocycles. The third-order valence-electron chi connectivity index (χ3n) is 4.34. The summed E-state index contributed by atoms with van der Waals surface area (Å²) in [4.78, 5) is 14.8. The highest BCUT2D eigenvalue weighted by atomic mass is 32.2. The van der Waals surface area contributed by atoms with Gasteiger partial charge in [0.2, 0.25) is 0 Å². The first-order valence-electron chi connectivity index (χ1n) is 8.95. The minimum absolute atomic E-state index is 0.144. The first-order valence-corrected chi connectivity index (χ1v) is 10.4. The van der Waals surface area contributed by atoms with Gasteiger partial charge in [-0.2, -0.15) is 18.4 Å². The molecule has 0 heterocycles. The number of nitrogens with one attached hydrogen (secondary N) is 2. The quantitative estimate of drug-likeness (QED) is 0.479. The Morgan fingerprint density at radius 3 is 2.14 bits per heavy atom. The summed E-state index contributed by atoms with van der Waals surface area (Å²) in [5.41, 5.74) is 3.38. The second-order valence-electron chi connectivity index (χ2n) is 6.45. The van der Waals surface area contributed by atoms with Crippen LogP contribution in [0.25, 0.3) is 0 Å². The first kappa shape index (κ1) is 20.3. The molecule has 3 aromatic rings. The van der Waals surface area contributed by atoms with Crippen molar-refractivity contribution in [1.82, 2.24) is 4.83 Å². The van der Waals surface area contributed by atoms with E-state index in [0.717, 1.165) is 11.1 Å². The Morgan fingerprint density at radius 1 is 0.862 bits per heavy atom. The van der Waals surface area contributed by atoms with E-state index in [0.29, 0.717) is 17.0 Å². The standard InChI is InChI=1S/C22H21N3O3S/c1-16-8-6-7-11-21(16)22(26)23-19-14-12-18(13-15-19)17(2)24-25-29(27,28)20-9-4-3-5-10-20/h3-15,25H,1-2H3,(H,23,26). The Hall–Kier alpha value is -3.45. The second kappa shape index (κ2) is 8.70. The molecule has 3 rings (SSSR count). The van der Waals surface area contributed by atoms with Gasteiger partial charge in [-0.15, -0.1) is 0 Å². The van der Waals surface area contributed by atoms with Crippen LogP contribution in [0, 0.1) is 6.92 Å². The van der Waals surface area contributed by atoms with Crippen LogP contribution in [0.2, 0.25) is 0 Å². The van der Waals surface area contributed by atoms with Gasteiger partial charge in [-0.3, -0.25) is 4.79 Å². The van der Waals surface area contributed by atoms with Gasteiger partial charge < -0.3 is 5.32 Å². The molecule has 148 valence electrons. The molecule has 29 heavy (non-hydrogen) atoms. The summed E-state index contributed by atoms with van der Waals surface area (Å²) in [5, 5.41) is 6.84. The van der Waals surface area contributed by atoms with Gasteiger partial charge in [-0.1, -0.05) is 48.5 Å². The molecule has 0 fully saturated rings. The zero-order valence-electron chi connectivity index (χ0n) is 16.1. The molecule has 0 radical (unpaired) electrons. The van der Waals surface area contributed by atoms with E-state index in [9.17, 15) is 13.2 Å². The van der Waals surface area contributed by atoms with Crippen LogP contribution in [0.5, 0.6) is 0 Å². The van der Waals surface area contributed by atoms with Gasteiger partial charge in [-0.05, 0) is 55.3 Å². The highest BCUT2D eigenvalue weighted by Crippen LogP contribution is 2.14. The van der Waals surface area contributed by atoms with Crippen LogP contribution >= 0.6 is 0 Å². The van der Waals surface area contributed by atoms with Gasteiger partial charge in [0.1, 0.15) is 0 Å². The molecular formula is C22H21N3O3S. The number of rotatable bonds is 6. The fraction of sp³-hybridized carbons (Fsp3) is 0.0909. The van der Waals surface area contributed by atoms with Crippen molar-refractivity contribution in [3.63, 3.8) is 0 Å². The summed E-state index contributed by atoms with van der Waals surface area (Å²) < 4.78 is 24.5. The molecule has 6 nitrogen and oxygen atoms in total.